The van der Waals surface area contributed by atoms with Gasteiger partial charge in [-0.1, -0.05) is 0 Å². The third kappa shape index (κ3) is 2.43. The van der Waals surface area contributed by atoms with Crippen molar-refractivity contribution in [2.75, 3.05) is 0 Å². The van der Waals surface area contributed by atoms with Crippen molar-refractivity contribution in [3.8, 4) is 0 Å². The lowest BCUT2D eigenvalue weighted by atomic mass is 10.2. The number of rotatable bonds is 3. The predicted octanol–water partition coefficient (Wildman–Crippen LogP) is 1.98. The van der Waals surface area contributed by atoms with E-state index < -0.39 is 0 Å². The second kappa shape index (κ2) is 4.89. The summed E-state index contributed by atoms with van der Waals surface area (Å²) in [6, 6.07) is 1.66. The maximum atomic E-state index is 12.0. The first-order valence-electron chi connectivity index (χ1n) is 5.72. The van der Waals surface area contributed by atoms with Crippen molar-refractivity contribution in [2.45, 2.75) is 26.8 Å². The Hall–Kier alpha value is -1.69. The summed E-state index contributed by atoms with van der Waals surface area (Å²) in [7, 11) is 1.75. The predicted molar refractivity (Wildman–Crippen MR) is 70.7 cm³/mol. The van der Waals surface area contributed by atoms with Crippen LogP contribution in [0.4, 0.5) is 0 Å². The van der Waals surface area contributed by atoms with E-state index in [1.54, 1.807) is 35.3 Å². The van der Waals surface area contributed by atoms with Crippen molar-refractivity contribution in [2.24, 2.45) is 7.05 Å². The van der Waals surface area contributed by atoms with Crippen LogP contribution in [0.1, 0.15) is 39.0 Å². The summed E-state index contributed by atoms with van der Waals surface area (Å²) in [5.41, 5.74) is 1.54. The van der Waals surface area contributed by atoms with Gasteiger partial charge in [-0.25, -0.2) is 4.98 Å². The Kier molecular flexibility index (Phi) is 3.47. The van der Waals surface area contributed by atoms with Gasteiger partial charge >= 0.3 is 0 Å². The first-order chi connectivity index (χ1) is 8.49. The average Bonchev–Trinajstić information content (AvgIpc) is 2.84. The number of amides is 1. The van der Waals surface area contributed by atoms with Gasteiger partial charge in [0.15, 0.2) is 0 Å². The van der Waals surface area contributed by atoms with Gasteiger partial charge in [0.1, 0.15) is 5.69 Å². The lowest BCUT2D eigenvalue weighted by Crippen LogP contribution is -2.28. The van der Waals surface area contributed by atoms with Crippen molar-refractivity contribution in [3.63, 3.8) is 0 Å². The molecular formula is C12H16N4OS. The fourth-order valence-corrected chi connectivity index (χ4v) is 2.81. The first kappa shape index (κ1) is 12.8. The summed E-state index contributed by atoms with van der Waals surface area (Å²) < 4.78 is 1.56. The van der Waals surface area contributed by atoms with Crippen LogP contribution in [-0.2, 0) is 7.05 Å². The minimum atomic E-state index is -0.118. The molecule has 0 aliphatic rings. The van der Waals surface area contributed by atoms with Crippen LogP contribution in [0.25, 0.3) is 0 Å². The Labute approximate surface area is 110 Å². The zero-order valence-electron chi connectivity index (χ0n) is 10.9. The van der Waals surface area contributed by atoms with Gasteiger partial charge in [0.05, 0.1) is 16.7 Å². The maximum absolute atomic E-state index is 12.0. The fourth-order valence-electron chi connectivity index (χ4n) is 1.88. The molecule has 1 unspecified atom stereocenters. The Bertz CT molecular complexity index is 572. The smallest absolute Gasteiger partial charge is 0.270 e. The number of nitrogens with zero attached hydrogens (tertiary/aromatic N) is 3. The molecule has 2 heterocycles. The highest BCUT2D eigenvalue weighted by atomic mass is 32.1. The van der Waals surface area contributed by atoms with Gasteiger partial charge in [-0.3, -0.25) is 9.48 Å². The van der Waals surface area contributed by atoms with E-state index in [2.05, 4.69) is 15.4 Å². The number of carbonyl (C=O) groups is 1. The van der Waals surface area contributed by atoms with Crippen LogP contribution in [0.15, 0.2) is 12.3 Å². The normalized spacial score (nSPS) is 12.4. The molecule has 0 saturated carbocycles. The molecule has 1 amide bonds. The Balaban J connectivity index is 2.13. The minimum Gasteiger partial charge on any atom is -0.343 e. The summed E-state index contributed by atoms with van der Waals surface area (Å²) >= 11 is 1.62. The van der Waals surface area contributed by atoms with E-state index in [1.165, 1.54) is 0 Å². The highest BCUT2D eigenvalue weighted by molar-refractivity contribution is 7.11. The molecule has 5 nitrogen and oxygen atoms in total. The molecule has 0 spiro atoms. The van der Waals surface area contributed by atoms with Gasteiger partial charge in [0.2, 0.25) is 0 Å². The summed E-state index contributed by atoms with van der Waals surface area (Å²) in [4.78, 5) is 17.5. The van der Waals surface area contributed by atoms with Crippen molar-refractivity contribution in [3.05, 3.63) is 33.5 Å². The number of aryl methyl sites for hydroxylation is 3. The zero-order valence-corrected chi connectivity index (χ0v) is 11.7. The van der Waals surface area contributed by atoms with Crippen LogP contribution in [0.2, 0.25) is 0 Å². The summed E-state index contributed by atoms with van der Waals surface area (Å²) in [5, 5.41) is 7.97. The number of thiazole rings is 1. The average molecular weight is 264 g/mol. The van der Waals surface area contributed by atoms with Crippen molar-refractivity contribution in [1.82, 2.24) is 20.1 Å². The number of aromatic nitrogens is 3. The van der Waals surface area contributed by atoms with Gasteiger partial charge < -0.3 is 5.32 Å². The van der Waals surface area contributed by atoms with Crippen LogP contribution < -0.4 is 5.32 Å². The lowest BCUT2D eigenvalue weighted by molar-refractivity contribution is 0.0931. The third-order valence-corrected chi connectivity index (χ3v) is 3.99. The van der Waals surface area contributed by atoms with E-state index in [9.17, 15) is 4.79 Å². The summed E-state index contributed by atoms with van der Waals surface area (Å²) in [6.45, 7) is 5.90. The molecule has 1 N–H and O–H groups in total. The highest BCUT2D eigenvalue weighted by Crippen LogP contribution is 2.24. The molecule has 0 saturated heterocycles. The second-order valence-corrected chi connectivity index (χ2v) is 5.45. The van der Waals surface area contributed by atoms with E-state index in [0.29, 0.717) is 5.69 Å². The minimum absolute atomic E-state index is 0.0430. The Morgan fingerprint density at radius 3 is 2.72 bits per heavy atom. The van der Waals surface area contributed by atoms with E-state index in [-0.39, 0.29) is 11.9 Å². The molecule has 2 rings (SSSR count). The monoisotopic (exact) mass is 264 g/mol. The van der Waals surface area contributed by atoms with Crippen LogP contribution in [-0.4, -0.2) is 20.7 Å². The van der Waals surface area contributed by atoms with Crippen LogP contribution >= 0.6 is 11.3 Å². The van der Waals surface area contributed by atoms with Crippen molar-refractivity contribution < 1.29 is 4.79 Å². The third-order valence-electron chi connectivity index (χ3n) is 2.73. The molecule has 1 atom stereocenters. The van der Waals surface area contributed by atoms with Gasteiger partial charge in [-0.05, 0) is 26.8 Å². The second-order valence-electron chi connectivity index (χ2n) is 4.22. The fraction of sp³-hybridized carbons (Fsp3) is 0.417. The molecule has 2 aromatic heterocycles. The number of hydrogen-bond donors (Lipinski definition) is 1. The SMILES string of the molecule is Cc1nc(C)c(C(C)NC(=O)c2ccnn2C)s1. The van der Waals surface area contributed by atoms with Gasteiger partial charge in [0.25, 0.3) is 5.91 Å². The Morgan fingerprint density at radius 1 is 1.50 bits per heavy atom. The molecule has 0 bridgehead atoms. The van der Waals surface area contributed by atoms with Crippen LogP contribution in [0, 0.1) is 13.8 Å². The molecule has 2 aromatic rings. The quantitative estimate of drug-likeness (QED) is 0.922. The van der Waals surface area contributed by atoms with E-state index >= 15 is 0 Å². The first-order valence-corrected chi connectivity index (χ1v) is 6.53. The summed E-state index contributed by atoms with van der Waals surface area (Å²) in [6.07, 6.45) is 1.61. The molecule has 0 aliphatic carbocycles. The molecule has 0 fully saturated rings. The zero-order chi connectivity index (χ0) is 13.3. The van der Waals surface area contributed by atoms with Gasteiger partial charge in [-0.15, -0.1) is 11.3 Å². The van der Waals surface area contributed by atoms with Gasteiger partial charge in [0, 0.05) is 18.1 Å². The van der Waals surface area contributed by atoms with Crippen LogP contribution in [0.5, 0.6) is 0 Å². The molecule has 0 radical (unpaired) electrons. The number of nitrogens with one attached hydrogen (secondary N) is 1. The van der Waals surface area contributed by atoms with Crippen LogP contribution in [0.3, 0.4) is 0 Å². The molecule has 0 aliphatic heterocycles. The summed E-state index contributed by atoms with van der Waals surface area (Å²) in [5.74, 6) is -0.118. The van der Waals surface area contributed by atoms with Gasteiger partial charge in [-0.2, -0.15) is 5.10 Å². The highest BCUT2D eigenvalue weighted by Gasteiger charge is 2.17. The number of hydrogen-bond acceptors (Lipinski definition) is 4. The number of carbonyl (C=O) groups excluding carboxylic acids is 1. The maximum Gasteiger partial charge on any atom is 0.270 e. The van der Waals surface area contributed by atoms with E-state index in [1.807, 2.05) is 20.8 Å². The molecule has 18 heavy (non-hydrogen) atoms. The molecule has 6 heteroatoms. The standard InChI is InChI=1S/C12H16N4OS/c1-7-11(18-9(3)14-7)8(2)15-12(17)10-5-6-13-16(10)4/h5-6,8H,1-4H3,(H,15,17). The largest absolute Gasteiger partial charge is 0.343 e. The molecule has 96 valence electrons. The molecular weight excluding hydrogens is 248 g/mol. The topological polar surface area (TPSA) is 59.8 Å². The van der Waals surface area contributed by atoms with E-state index in [4.69, 9.17) is 0 Å². The molecule has 0 aromatic carbocycles. The van der Waals surface area contributed by atoms with E-state index in [0.717, 1.165) is 15.6 Å². The lowest BCUT2D eigenvalue weighted by Gasteiger charge is -2.12. The Morgan fingerprint density at radius 2 is 2.22 bits per heavy atom. The van der Waals surface area contributed by atoms with Crippen molar-refractivity contribution >= 4 is 17.2 Å². The van der Waals surface area contributed by atoms with Crippen molar-refractivity contribution in [1.29, 1.82) is 0 Å².